The first kappa shape index (κ1) is 21.5. The fourth-order valence-corrected chi connectivity index (χ4v) is 3.25. The fourth-order valence-electron chi connectivity index (χ4n) is 3.25. The van der Waals surface area contributed by atoms with Crippen LogP contribution in [-0.4, -0.2) is 61.9 Å². The largest absolute Gasteiger partial charge is 0.385 e. The lowest BCUT2D eigenvalue weighted by molar-refractivity contribution is -0.117. The summed E-state index contributed by atoms with van der Waals surface area (Å²) in [7, 11) is 1.58. The van der Waals surface area contributed by atoms with Crippen LogP contribution >= 0.6 is 0 Å². The van der Waals surface area contributed by atoms with Crippen molar-refractivity contribution in [1.29, 1.82) is 5.26 Å². The molecule has 3 rings (SSSR count). The maximum Gasteiger partial charge on any atom is 0.267 e. The summed E-state index contributed by atoms with van der Waals surface area (Å²) in [5.74, 6) is -0.0761. The molecule has 9 heteroatoms. The molecule has 3 heterocycles. The number of amides is 1. The second-order valence-electron chi connectivity index (χ2n) is 6.91. The van der Waals surface area contributed by atoms with E-state index in [1.807, 2.05) is 24.0 Å². The third kappa shape index (κ3) is 4.67. The number of nitrogens with zero attached hydrogens (tertiary/aromatic N) is 4. The summed E-state index contributed by atoms with van der Waals surface area (Å²) >= 11 is 0. The minimum atomic E-state index is -0.532. The first-order chi connectivity index (χ1) is 14.6. The zero-order valence-electron chi connectivity index (χ0n) is 17.2. The monoisotopic (exact) mass is 411 g/mol. The standard InChI is InChI=1S/C21H25N5O4/c1-15-5-3-7-26-18(15)24-19(25-8-11-30-12-9-25)17(21(26)28)13-16(14-22)20(27)23-6-4-10-29-2/h3,5,7,13H,4,6,8-12H2,1-2H3,(H,23,27)/b16-13+. The molecule has 1 aliphatic heterocycles. The third-order valence-electron chi connectivity index (χ3n) is 4.84. The summed E-state index contributed by atoms with van der Waals surface area (Å²) < 4.78 is 11.8. The van der Waals surface area contributed by atoms with E-state index < -0.39 is 5.91 Å². The molecule has 2 aromatic rings. The Hall–Kier alpha value is -3.22. The van der Waals surface area contributed by atoms with E-state index >= 15 is 0 Å². The number of rotatable bonds is 7. The molecule has 0 unspecified atom stereocenters. The summed E-state index contributed by atoms with van der Waals surface area (Å²) in [5, 5.41) is 12.2. The van der Waals surface area contributed by atoms with Crippen LogP contribution in [0.5, 0.6) is 0 Å². The number of aromatic nitrogens is 2. The van der Waals surface area contributed by atoms with Crippen molar-refractivity contribution in [1.82, 2.24) is 14.7 Å². The van der Waals surface area contributed by atoms with E-state index in [-0.39, 0.29) is 16.7 Å². The molecular formula is C21H25N5O4. The van der Waals surface area contributed by atoms with Crippen LogP contribution in [0.2, 0.25) is 0 Å². The number of anilines is 1. The van der Waals surface area contributed by atoms with Crippen molar-refractivity contribution in [3.63, 3.8) is 0 Å². The van der Waals surface area contributed by atoms with Gasteiger partial charge in [0.05, 0.1) is 18.8 Å². The van der Waals surface area contributed by atoms with Crippen molar-refractivity contribution < 1.29 is 14.3 Å². The highest BCUT2D eigenvalue weighted by Crippen LogP contribution is 2.21. The molecule has 1 aliphatic rings. The van der Waals surface area contributed by atoms with Crippen LogP contribution in [-0.2, 0) is 14.3 Å². The summed E-state index contributed by atoms with van der Waals surface area (Å²) in [5.41, 5.74) is 1.14. The molecule has 158 valence electrons. The van der Waals surface area contributed by atoms with Gasteiger partial charge in [0.2, 0.25) is 0 Å². The minimum absolute atomic E-state index is 0.145. The molecular weight excluding hydrogens is 386 g/mol. The number of nitriles is 1. The Morgan fingerprint density at radius 2 is 2.20 bits per heavy atom. The number of carbonyl (C=O) groups is 1. The van der Waals surface area contributed by atoms with Crippen LogP contribution < -0.4 is 15.8 Å². The Morgan fingerprint density at radius 1 is 1.43 bits per heavy atom. The van der Waals surface area contributed by atoms with Gasteiger partial charge in [0.1, 0.15) is 23.1 Å². The summed E-state index contributed by atoms with van der Waals surface area (Å²) in [6.07, 6.45) is 3.59. The van der Waals surface area contributed by atoms with Gasteiger partial charge < -0.3 is 19.7 Å². The Morgan fingerprint density at radius 3 is 2.90 bits per heavy atom. The van der Waals surface area contributed by atoms with Gasteiger partial charge >= 0.3 is 0 Å². The van der Waals surface area contributed by atoms with Gasteiger partial charge in [-0.3, -0.25) is 14.0 Å². The normalized spacial score (nSPS) is 14.6. The quantitative estimate of drug-likeness (QED) is 0.410. The van der Waals surface area contributed by atoms with Crippen LogP contribution in [0.25, 0.3) is 11.7 Å². The molecule has 0 aliphatic carbocycles. The number of aryl methyl sites for hydroxylation is 1. The molecule has 0 saturated carbocycles. The van der Waals surface area contributed by atoms with E-state index in [2.05, 4.69) is 5.32 Å². The summed E-state index contributed by atoms with van der Waals surface area (Å²) in [4.78, 5) is 32.4. The van der Waals surface area contributed by atoms with E-state index in [1.54, 1.807) is 19.4 Å². The van der Waals surface area contributed by atoms with Gasteiger partial charge in [-0.15, -0.1) is 0 Å². The van der Waals surface area contributed by atoms with Crippen molar-refractivity contribution in [2.45, 2.75) is 13.3 Å². The molecule has 0 aromatic carbocycles. The van der Waals surface area contributed by atoms with Crippen LogP contribution in [0.4, 0.5) is 5.82 Å². The maximum atomic E-state index is 13.3. The van der Waals surface area contributed by atoms with E-state index in [1.165, 1.54) is 10.5 Å². The number of carbonyl (C=O) groups excluding carboxylic acids is 1. The molecule has 1 N–H and O–H groups in total. The molecule has 1 amide bonds. The molecule has 1 fully saturated rings. The number of ether oxygens (including phenoxy) is 2. The fraction of sp³-hybridized carbons (Fsp3) is 0.429. The van der Waals surface area contributed by atoms with Crippen molar-refractivity contribution in [2.75, 3.05) is 51.5 Å². The van der Waals surface area contributed by atoms with Gasteiger partial charge in [-0.25, -0.2) is 4.98 Å². The van der Waals surface area contributed by atoms with Gasteiger partial charge in [-0.1, -0.05) is 6.07 Å². The first-order valence-electron chi connectivity index (χ1n) is 9.80. The molecule has 0 radical (unpaired) electrons. The maximum absolute atomic E-state index is 13.3. The Labute approximate surface area is 174 Å². The highest BCUT2D eigenvalue weighted by Gasteiger charge is 2.21. The lowest BCUT2D eigenvalue weighted by Crippen LogP contribution is -2.39. The Bertz CT molecular complexity index is 1050. The number of morpholine rings is 1. The first-order valence-corrected chi connectivity index (χ1v) is 9.80. The molecule has 9 nitrogen and oxygen atoms in total. The van der Waals surface area contributed by atoms with E-state index in [9.17, 15) is 14.9 Å². The molecule has 0 bridgehead atoms. The number of hydrogen-bond donors (Lipinski definition) is 1. The van der Waals surface area contributed by atoms with Crippen LogP contribution in [0.15, 0.2) is 28.7 Å². The van der Waals surface area contributed by atoms with E-state index in [0.29, 0.717) is 57.3 Å². The van der Waals surface area contributed by atoms with Gasteiger partial charge in [-0.05, 0) is 31.1 Å². The minimum Gasteiger partial charge on any atom is -0.385 e. The number of hydrogen-bond acceptors (Lipinski definition) is 7. The van der Waals surface area contributed by atoms with Gasteiger partial charge in [0.15, 0.2) is 0 Å². The molecule has 30 heavy (non-hydrogen) atoms. The number of pyridine rings is 1. The van der Waals surface area contributed by atoms with Crippen molar-refractivity contribution in [3.8, 4) is 6.07 Å². The van der Waals surface area contributed by atoms with E-state index in [0.717, 1.165) is 5.56 Å². The second kappa shape index (κ2) is 10.0. The highest BCUT2D eigenvalue weighted by atomic mass is 16.5. The summed E-state index contributed by atoms with van der Waals surface area (Å²) in [6, 6.07) is 5.56. The van der Waals surface area contributed by atoms with Crippen molar-refractivity contribution in [2.24, 2.45) is 0 Å². The summed E-state index contributed by atoms with van der Waals surface area (Å²) in [6.45, 7) is 4.93. The van der Waals surface area contributed by atoms with Crippen LogP contribution in [0.3, 0.4) is 0 Å². The van der Waals surface area contributed by atoms with Gasteiger partial charge in [0.25, 0.3) is 11.5 Å². The van der Waals surface area contributed by atoms with Gasteiger partial charge in [-0.2, -0.15) is 5.26 Å². The topological polar surface area (TPSA) is 109 Å². The molecule has 0 atom stereocenters. The third-order valence-corrected chi connectivity index (χ3v) is 4.84. The highest BCUT2D eigenvalue weighted by molar-refractivity contribution is 6.02. The lowest BCUT2D eigenvalue weighted by Gasteiger charge is -2.29. The molecule has 0 spiro atoms. The number of nitrogens with one attached hydrogen (secondary N) is 1. The average Bonchev–Trinajstić information content (AvgIpc) is 2.77. The Balaban J connectivity index is 2.07. The smallest absolute Gasteiger partial charge is 0.267 e. The predicted octanol–water partition coefficient (Wildman–Crippen LogP) is 0.899. The predicted molar refractivity (Wildman–Crippen MR) is 112 cm³/mol. The van der Waals surface area contributed by atoms with Crippen molar-refractivity contribution in [3.05, 3.63) is 45.4 Å². The zero-order chi connectivity index (χ0) is 21.5. The van der Waals surface area contributed by atoms with Crippen molar-refractivity contribution >= 4 is 23.4 Å². The average molecular weight is 411 g/mol. The van der Waals surface area contributed by atoms with Crippen LogP contribution in [0.1, 0.15) is 17.5 Å². The Kier molecular flexibility index (Phi) is 7.17. The molecule has 1 saturated heterocycles. The second-order valence-corrected chi connectivity index (χ2v) is 6.91. The van der Waals surface area contributed by atoms with E-state index in [4.69, 9.17) is 14.5 Å². The lowest BCUT2D eigenvalue weighted by atomic mass is 10.1. The number of fused-ring (bicyclic) bond motifs is 1. The van der Waals surface area contributed by atoms with Crippen LogP contribution in [0, 0.1) is 18.3 Å². The SMILES string of the molecule is COCCCNC(=O)/C(C#N)=C/c1c(N2CCOCC2)nc2c(C)cccn2c1=O. The zero-order valence-corrected chi connectivity index (χ0v) is 17.2. The van der Waals surface area contributed by atoms with Gasteiger partial charge in [0, 0.05) is 39.5 Å². The molecule has 2 aromatic heterocycles. The number of methoxy groups -OCH3 is 1.